The molecule has 0 aliphatic carbocycles. The predicted molar refractivity (Wildman–Crippen MR) is 68.2 cm³/mol. The van der Waals surface area contributed by atoms with E-state index >= 15 is 0 Å². The van der Waals surface area contributed by atoms with E-state index in [1.54, 1.807) is 6.92 Å². The van der Waals surface area contributed by atoms with Crippen molar-refractivity contribution in [3.05, 3.63) is 25.0 Å². The van der Waals surface area contributed by atoms with Gasteiger partial charge in [-0.2, -0.15) is 0 Å². The zero-order chi connectivity index (χ0) is 13.6. The summed E-state index contributed by atoms with van der Waals surface area (Å²) in [7, 11) is 0. The highest BCUT2D eigenvalue weighted by Gasteiger charge is 2.01. The molecular formula is C13H22O5. The van der Waals surface area contributed by atoms with Gasteiger partial charge < -0.3 is 18.9 Å². The normalized spacial score (nSPS) is 9.83. The van der Waals surface area contributed by atoms with Crippen molar-refractivity contribution in [2.75, 3.05) is 39.6 Å². The van der Waals surface area contributed by atoms with Gasteiger partial charge in [-0.15, -0.1) is 0 Å². The van der Waals surface area contributed by atoms with Crippen molar-refractivity contribution in [2.24, 2.45) is 0 Å². The van der Waals surface area contributed by atoms with E-state index in [9.17, 15) is 4.79 Å². The molecule has 0 aromatic heterocycles. The Hall–Kier alpha value is -1.33. The molecule has 0 rings (SSSR count). The highest BCUT2D eigenvalue weighted by Crippen LogP contribution is 1.92. The third-order valence-corrected chi connectivity index (χ3v) is 1.85. The van der Waals surface area contributed by atoms with Gasteiger partial charge in [0.25, 0.3) is 0 Å². The number of hydrogen-bond acceptors (Lipinski definition) is 5. The monoisotopic (exact) mass is 258 g/mol. The lowest BCUT2D eigenvalue weighted by atomic mass is 10.4. The molecule has 104 valence electrons. The molecular weight excluding hydrogens is 236 g/mol. The highest BCUT2D eigenvalue weighted by atomic mass is 16.6. The minimum absolute atomic E-state index is 0.250. The first-order chi connectivity index (χ1) is 8.68. The molecule has 0 radical (unpaired) electrons. The second-order valence-corrected chi connectivity index (χ2v) is 3.53. The smallest absolute Gasteiger partial charge is 0.333 e. The number of esters is 1. The maximum atomic E-state index is 11.0. The van der Waals surface area contributed by atoms with Gasteiger partial charge in [0, 0.05) is 18.8 Å². The molecule has 0 aliphatic heterocycles. The zero-order valence-electron chi connectivity index (χ0n) is 11.0. The van der Waals surface area contributed by atoms with E-state index < -0.39 is 0 Å². The maximum Gasteiger partial charge on any atom is 0.333 e. The summed E-state index contributed by atoms with van der Waals surface area (Å²) in [6, 6.07) is 0. The lowest BCUT2D eigenvalue weighted by Gasteiger charge is -2.06. The van der Waals surface area contributed by atoms with Gasteiger partial charge in [0.05, 0.1) is 19.5 Å². The Balaban J connectivity index is 3.10. The summed E-state index contributed by atoms with van der Waals surface area (Å²) in [5.41, 5.74) is 0.394. The van der Waals surface area contributed by atoms with Crippen molar-refractivity contribution < 1.29 is 23.7 Å². The highest BCUT2D eigenvalue weighted by molar-refractivity contribution is 5.86. The topological polar surface area (TPSA) is 54.0 Å². The third-order valence-electron chi connectivity index (χ3n) is 1.85. The lowest BCUT2D eigenvalue weighted by molar-refractivity contribution is -0.140. The van der Waals surface area contributed by atoms with Crippen molar-refractivity contribution in [3.8, 4) is 0 Å². The zero-order valence-corrected chi connectivity index (χ0v) is 11.0. The molecule has 0 aromatic carbocycles. The fourth-order valence-electron chi connectivity index (χ4n) is 0.974. The van der Waals surface area contributed by atoms with E-state index in [2.05, 4.69) is 13.2 Å². The molecule has 0 heterocycles. The van der Waals surface area contributed by atoms with Crippen molar-refractivity contribution >= 4 is 5.97 Å². The van der Waals surface area contributed by atoms with Crippen LogP contribution >= 0.6 is 0 Å². The first-order valence-corrected chi connectivity index (χ1v) is 5.89. The van der Waals surface area contributed by atoms with Crippen LogP contribution in [0.15, 0.2) is 25.0 Å². The molecule has 0 saturated carbocycles. The molecule has 0 amide bonds. The largest absolute Gasteiger partial charge is 0.499 e. The average Bonchev–Trinajstić information content (AvgIpc) is 2.35. The molecule has 5 nitrogen and oxygen atoms in total. The molecule has 0 fully saturated rings. The fourth-order valence-corrected chi connectivity index (χ4v) is 0.974. The summed E-state index contributed by atoms with van der Waals surface area (Å²) >= 11 is 0. The molecule has 0 aromatic rings. The van der Waals surface area contributed by atoms with E-state index in [0.717, 1.165) is 6.42 Å². The summed E-state index contributed by atoms with van der Waals surface area (Å²) in [6.07, 6.45) is 2.18. The summed E-state index contributed by atoms with van der Waals surface area (Å²) in [6.45, 7) is 11.4. The van der Waals surface area contributed by atoms with Gasteiger partial charge in [-0.25, -0.2) is 4.79 Å². The molecule has 0 aliphatic rings. The molecule has 0 bridgehead atoms. The minimum atomic E-state index is -0.385. The van der Waals surface area contributed by atoms with Gasteiger partial charge in [0.1, 0.15) is 13.2 Å². The third kappa shape index (κ3) is 11.2. The molecule has 0 atom stereocenters. The number of rotatable bonds is 12. The lowest BCUT2D eigenvalue weighted by Crippen LogP contribution is -2.12. The molecule has 0 N–H and O–H groups in total. The van der Waals surface area contributed by atoms with E-state index in [1.165, 1.54) is 6.26 Å². The van der Waals surface area contributed by atoms with Crippen LogP contribution in [-0.4, -0.2) is 45.6 Å². The van der Waals surface area contributed by atoms with Crippen LogP contribution in [0.4, 0.5) is 0 Å². The molecule has 18 heavy (non-hydrogen) atoms. The number of hydrogen-bond donors (Lipinski definition) is 0. The van der Waals surface area contributed by atoms with Gasteiger partial charge in [-0.3, -0.25) is 0 Å². The summed E-state index contributed by atoms with van der Waals surface area (Å²) in [5, 5.41) is 0. The standard InChI is InChI=1S/C13H22O5/c1-4-15-8-9-16-6-5-7-17-10-11-18-13(14)12(2)3/h4H,1-2,5-11H2,3H3. The molecule has 0 unspecified atom stereocenters. The minimum Gasteiger partial charge on any atom is -0.499 e. The average molecular weight is 258 g/mol. The summed E-state index contributed by atoms with van der Waals surface area (Å²) in [4.78, 5) is 11.0. The van der Waals surface area contributed by atoms with Crippen LogP contribution in [0.2, 0.25) is 0 Å². The second kappa shape index (κ2) is 12.1. The van der Waals surface area contributed by atoms with Gasteiger partial charge >= 0.3 is 5.97 Å². The molecule has 0 saturated heterocycles. The molecule has 0 spiro atoms. The van der Waals surface area contributed by atoms with E-state index in [1.807, 2.05) is 0 Å². The fraction of sp³-hybridized carbons (Fsp3) is 0.615. The van der Waals surface area contributed by atoms with Crippen LogP contribution < -0.4 is 0 Å². The Morgan fingerprint density at radius 3 is 2.22 bits per heavy atom. The van der Waals surface area contributed by atoms with Gasteiger partial charge in [-0.1, -0.05) is 13.2 Å². The maximum absolute atomic E-state index is 11.0. The van der Waals surface area contributed by atoms with Crippen LogP contribution in [0.1, 0.15) is 13.3 Å². The predicted octanol–water partition coefficient (Wildman–Crippen LogP) is 1.69. The van der Waals surface area contributed by atoms with Crippen molar-refractivity contribution in [2.45, 2.75) is 13.3 Å². The Morgan fingerprint density at radius 1 is 1.06 bits per heavy atom. The van der Waals surface area contributed by atoms with Gasteiger partial charge in [0.2, 0.25) is 0 Å². The van der Waals surface area contributed by atoms with Gasteiger partial charge in [-0.05, 0) is 13.3 Å². The SMILES string of the molecule is C=COCCOCCCOCCOC(=O)C(=C)C. The Bertz CT molecular complexity index is 250. The first kappa shape index (κ1) is 16.7. The number of ether oxygens (including phenoxy) is 4. The number of carbonyl (C=O) groups is 1. The van der Waals surface area contributed by atoms with Crippen LogP contribution in [0.3, 0.4) is 0 Å². The van der Waals surface area contributed by atoms with Crippen LogP contribution in [0, 0.1) is 0 Å². The Morgan fingerprint density at radius 2 is 1.67 bits per heavy atom. The summed E-state index contributed by atoms with van der Waals surface area (Å²) in [5.74, 6) is -0.385. The first-order valence-electron chi connectivity index (χ1n) is 5.89. The number of carbonyl (C=O) groups excluding carboxylic acids is 1. The quantitative estimate of drug-likeness (QED) is 0.231. The molecule has 5 heteroatoms. The van der Waals surface area contributed by atoms with E-state index in [-0.39, 0.29) is 12.6 Å². The second-order valence-electron chi connectivity index (χ2n) is 3.53. The summed E-state index contributed by atoms with van der Waals surface area (Å²) < 4.78 is 20.3. The van der Waals surface area contributed by atoms with Crippen molar-refractivity contribution in [1.29, 1.82) is 0 Å². The van der Waals surface area contributed by atoms with E-state index in [0.29, 0.717) is 38.6 Å². The van der Waals surface area contributed by atoms with Crippen molar-refractivity contribution in [3.63, 3.8) is 0 Å². The van der Waals surface area contributed by atoms with Crippen molar-refractivity contribution in [1.82, 2.24) is 0 Å². The van der Waals surface area contributed by atoms with Gasteiger partial charge in [0.15, 0.2) is 0 Å². The van der Waals surface area contributed by atoms with Crippen LogP contribution in [0.5, 0.6) is 0 Å². The van der Waals surface area contributed by atoms with Crippen LogP contribution in [0.25, 0.3) is 0 Å². The van der Waals surface area contributed by atoms with E-state index in [4.69, 9.17) is 18.9 Å². The Labute approximate surface area is 108 Å². The van der Waals surface area contributed by atoms with Crippen LogP contribution in [-0.2, 0) is 23.7 Å². The Kier molecular flexibility index (Phi) is 11.2.